The van der Waals surface area contributed by atoms with Gasteiger partial charge in [-0.2, -0.15) is 0 Å². The predicted molar refractivity (Wildman–Crippen MR) is 79.3 cm³/mol. The minimum Gasteiger partial charge on any atom is -0.497 e. The molecule has 0 aliphatic heterocycles. The molecule has 1 fully saturated rings. The Balaban J connectivity index is 2.09. The molecule has 4 unspecified atom stereocenters. The first-order valence-corrected chi connectivity index (χ1v) is 7.12. The van der Waals surface area contributed by atoms with Crippen LogP contribution in [-0.4, -0.2) is 31.6 Å². The van der Waals surface area contributed by atoms with E-state index >= 15 is 0 Å². The zero-order valence-electron chi connectivity index (χ0n) is 12.5. The van der Waals surface area contributed by atoms with Crippen molar-refractivity contribution in [2.45, 2.75) is 32.4 Å². The third-order valence-corrected chi connectivity index (χ3v) is 4.23. The van der Waals surface area contributed by atoms with Gasteiger partial charge in [0.2, 0.25) is 0 Å². The highest BCUT2D eigenvalue weighted by Gasteiger charge is 2.35. The summed E-state index contributed by atoms with van der Waals surface area (Å²) in [6.07, 6.45) is 1.36. The van der Waals surface area contributed by atoms with Crippen molar-refractivity contribution >= 4 is 0 Å². The van der Waals surface area contributed by atoms with E-state index in [1.54, 1.807) is 7.11 Å². The maximum Gasteiger partial charge on any atom is 0.118 e. The highest BCUT2D eigenvalue weighted by atomic mass is 16.5. The normalized spacial score (nSPS) is 25.2. The Kier molecular flexibility index (Phi) is 4.48. The molecule has 1 aromatic rings. The maximum absolute atomic E-state index is 6.20. The van der Waals surface area contributed by atoms with E-state index in [2.05, 4.69) is 37.9 Å². The Morgan fingerprint density at radius 1 is 1.37 bits per heavy atom. The molecule has 0 saturated heterocycles. The smallest absolute Gasteiger partial charge is 0.118 e. The number of nitrogens with zero attached hydrogens (tertiary/aromatic N) is 1. The van der Waals surface area contributed by atoms with E-state index in [1.165, 1.54) is 12.0 Å². The van der Waals surface area contributed by atoms with Gasteiger partial charge in [0.15, 0.2) is 0 Å². The molecular weight excluding hydrogens is 236 g/mol. The molecule has 19 heavy (non-hydrogen) atoms. The van der Waals surface area contributed by atoms with Gasteiger partial charge in [-0.1, -0.05) is 19.1 Å². The predicted octanol–water partition coefficient (Wildman–Crippen LogP) is 2.67. The Bertz CT molecular complexity index is 402. The van der Waals surface area contributed by atoms with Gasteiger partial charge in [0, 0.05) is 18.6 Å². The summed E-state index contributed by atoms with van der Waals surface area (Å²) in [6, 6.07) is 8.67. The van der Waals surface area contributed by atoms with E-state index in [4.69, 9.17) is 10.5 Å². The number of methoxy groups -OCH3 is 1. The molecule has 1 saturated carbocycles. The van der Waals surface area contributed by atoms with Crippen LogP contribution in [0.25, 0.3) is 0 Å². The summed E-state index contributed by atoms with van der Waals surface area (Å²) in [5, 5.41) is 0. The van der Waals surface area contributed by atoms with Crippen molar-refractivity contribution in [2.24, 2.45) is 17.6 Å². The fourth-order valence-corrected chi connectivity index (χ4v) is 2.90. The number of ether oxygens (including phenoxy) is 1. The van der Waals surface area contributed by atoms with Crippen molar-refractivity contribution in [3.8, 4) is 5.75 Å². The SMILES string of the molecule is COc1ccc(C(C(C)N)N(C)CC2CC2C)cc1. The zero-order chi connectivity index (χ0) is 14.0. The van der Waals surface area contributed by atoms with Gasteiger partial charge in [0.05, 0.1) is 7.11 Å². The van der Waals surface area contributed by atoms with Crippen LogP contribution in [0.4, 0.5) is 0 Å². The van der Waals surface area contributed by atoms with Gasteiger partial charge >= 0.3 is 0 Å². The molecule has 1 aliphatic rings. The first-order chi connectivity index (χ1) is 9.02. The third-order valence-electron chi connectivity index (χ3n) is 4.23. The molecule has 0 spiro atoms. The van der Waals surface area contributed by atoms with Crippen molar-refractivity contribution in [1.29, 1.82) is 0 Å². The second-order valence-corrected chi connectivity index (χ2v) is 5.99. The highest BCUT2D eigenvalue weighted by molar-refractivity contribution is 5.29. The summed E-state index contributed by atoms with van der Waals surface area (Å²) in [5.41, 5.74) is 7.47. The van der Waals surface area contributed by atoms with Gasteiger partial charge in [-0.05, 0) is 49.9 Å². The van der Waals surface area contributed by atoms with Crippen LogP contribution >= 0.6 is 0 Å². The largest absolute Gasteiger partial charge is 0.497 e. The van der Waals surface area contributed by atoms with Crippen LogP contribution in [-0.2, 0) is 0 Å². The van der Waals surface area contributed by atoms with Crippen molar-refractivity contribution in [2.75, 3.05) is 20.7 Å². The summed E-state index contributed by atoms with van der Waals surface area (Å²) in [5.74, 6) is 2.63. The van der Waals surface area contributed by atoms with Gasteiger partial charge in [-0.3, -0.25) is 4.90 Å². The maximum atomic E-state index is 6.20. The van der Waals surface area contributed by atoms with Gasteiger partial charge in [0.25, 0.3) is 0 Å². The second kappa shape index (κ2) is 5.93. The van der Waals surface area contributed by atoms with E-state index in [9.17, 15) is 0 Å². The van der Waals surface area contributed by atoms with Crippen molar-refractivity contribution in [3.05, 3.63) is 29.8 Å². The molecule has 106 valence electrons. The molecule has 3 nitrogen and oxygen atoms in total. The molecule has 1 aromatic carbocycles. The van der Waals surface area contributed by atoms with Crippen LogP contribution in [0.2, 0.25) is 0 Å². The average Bonchev–Trinajstić information content (AvgIpc) is 3.05. The average molecular weight is 262 g/mol. The molecule has 0 radical (unpaired) electrons. The van der Waals surface area contributed by atoms with E-state index in [-0.39, 0.29) is 12.1 Å². The molecule has 2 rings (SSSR count). The fourth-order valence-electron chi connectivity index (χ4n) is 2.90. The third kappa shape index (κ3) is 3.48. The topological polar surface area (TPSA) is 38.5 Å². The first kappa shape index (κ1) is 14.4. The van der Waals surface area contributed by atoms with Gasteiger partial charge in [0.1, 0.15) is 5.75 Å². The Morgan fingerprint density at radius 2 is 1.95 bits per heavy atom. The lowest BCUT2D eigenvalue weighted by atomic mass is 9.99. The van der Waals surface area contributed by atoms with E-state index in [1.807, 2.05) is 12.1 Å². The summed E-state index contributed by atoms with van der Waals surface area (Å²) >= 11 is 0. The number of nitrogens with two attached hydrogens (primary N) is 1. The zero-order valence-corrected chi connectivity index (χ0v) is 12.5. The lowest BCUT2D eigenvalue weighted by Crippen LogP contribution is -2.38. The van der Waals surface area contributed by atoms with Gasteiger partial charge < -0.3 is 10.5 Å². The number of rotatable bonds is 6. The van der Waals surface area contributed by atoms with Crippen molar-refractivity contribution in [3.63, 3.8) is 0 Å². The van der Waals surface area contributed by atoms with Gasteiger partial charge in [-0.25, -0.2) is 0 Å². The lowest BCUT2D eigenvalue weighted by molar-refractivity contribution is 0.208. The summed E-state index contributed by atoms with van der Waals surface area (Å²) < 4.78 is 5.21. The van der Waals surface area contributed by atoms with Crippen LogP contribution in [0, 0.1) is 11.8 Å². The molecule has 1 aliphatic carbocycles. The van der Waals surface area contributed by atoms with Gasteiger partial charge in [-0.15, -0.1) is 0 Å². The van der Waals surface area contributed by atoms with Crippen molar-refractivity contribution < 1.29 is 4.74 Å². The summed E-state index contributed by atoms with van der Waals surface area (Å²) in [7, 11) is 3.88. The lowest BCUT2D eigenvalue weighted by Gasteiger charge is -2.31. The molecule has 4 atom stereocenters. The van der Waals surface area contributed by atoms with Crippen LogP contribution in [0.3, 0.4) is 0 Å². The Labute approximate surface area is 116 Å². The number of hydrogen-bond donors (Lipinski definition) is 1. The van der Waals surface area contributed by atoms with Crippen LogP contribution in [0.15, 0.2) is 24.3 Å². The van der Waals surface area contributed by atoms with E-state index in [0.717, 1.165) is 24.1 Å². The monoisotopic (exact) mass is 262 g/mol. The highest BCUT2D eigenvalue weighted by Crippen LogP contribution is 2.39. The number of benzene rings is 1. The van der Waals surface area contributed by atoms with Crippen molar-refractivity contribution in [1.82, 2.24) is 4.90 Å². The Hall–Kier alpha value is -1.06. The number of hydrogen-bond acceptors (Lipinski definition) is 3. The van der Waals surface area contributed by atoms with Crippen LogP contribution in [0.5, 0.6) is 5.75 Å². The Morgan fingerprint density at radius 3 is 2.37 bits per heavy atom. The fraction of sp³-hybridized carbons (Fsp3) is 0.625. The van der Waals surface area contributed by atoms with E-state index in [0.29, 0.717) is 0 Å². The molecule has 0 bridgehead atoms. The molecule has 0 aromatic heterocycles. The molecule has 0 amide bonds. The summed E-state index contributed by atoms with van der Waals surface area (Å²) in [4.78, 5) is 2.40. The minimum absolute atomic E-state index is 0.118. The minimum atomic E-state index is 0.118. The standard InChI is InChI=1S/C16H26N2O/c1-11-9-14(11)10-18(3)16(12(2)17)13-5-7-15(19-4)8-6-13/h5-8,11-12,14,16H,9-10,17H2,1-4H3. The molecule has 3 heteroatoms. The summed E-state index contributed by atoms with van der Waals surface area (Å²) in [6.45, 7) is 5.55. The molecule has 0 heterocycles. The number of likely N-dealkylation sites (N-methyl/N-ethyl adjacent to an activating group) is 1. The van der Waals surface area contributed by atoms with Crippen LogP contribution < -0.4 is 10.5 Å². The first-order valence-electron chi connectivity index (χ1n) is 7.12. The second-order valence-electron chi connectivity index (χ2n) is 5.99. The quantitative estimate of drug-likeness (QED) is 0.856. The van der Waals surface area contributed by atoms with Crippen LogP contribution in [0.1, 0.15) is 31.9 Å². The molecular formula is C16H26N2O. The van der Waals surface area contributed by atoms with E-state index < -0.39 is 0 Å². The molecule has 2 N–H and O–H groups in total.